The van der Waals surface area contributed by atoms with Crippen LogP contribution in [0, 0.1) is 5.82 Å². The number of carbonyl (C=O) groups excluding carboxylic acids is 3. The van der Waals surface area contributed by atoms with Gasteiger partial charge in [0.2, 0.25) is 0 Å². The van der Waals surface area contributed by atoms with Gasteiger partial charge < -0.3 is 9.47 Å². The number of hydrogen-bond acceptors (Lipinski definition) is 5. The van der Waals surface area contributed by atoms with E-state index in [0.29, 0.717) is 28.7 Å². The zero-order chi connectivity index (χ0) is 24.9. The zero-order valence-electron chi connectivity index (χ0n) is 18.6. The number of imide groups is 2. The molecular formula is C26H20ClFN2O5. The summed E-state index contributed by atoms with van der Waals surface area (Å²) in [6.07, 6.45) is 1.35. The lowest BCUT2D eigenvalue weighted by atomic mass is 10.1. The Morgan fingerprint density at radius 2 is 1.66 bits per heavy atom. The van der Waals surface area contributed by atoms with E-state index in [-0.39, 0.29) is 17.9 Å². The standard InChI is InChI=1S/C26H20ClFN2O5/c1-2-34-23-14-17(5-12-22(23)35-15-16-3-6-18(27)7-4-16)13-21-24(31)29-26(33)30(25(21)32)20-10-8-19(28)9-11-20/h3-14H,2,15H2,1H3,(H,29,31,33)/b21-13+. The molecular weight excluding hydrogens is 475 g/mol. The summed E-state index contributed by atoms with van der Waals surface area (Å²) in [5.74, 6) is -1.28. The second-order valence-corrected chi connectivity index (χ2v) is 7.93. The van der Waals surface area contributed by atoms with Crippen molar-refractivity contribution in [1.82, 2.24) is 5.32 Å². The van der Waals surface area contributed by atoms with E-state index in [1.807, 2.05) is 19.1 Å². The Morgan fingerprint density at radius 3 is 2.34 bits per heavy atom. The maximum atomic E-state index is 13.3. The first kappa shape index (κ1) is 24.0. The molecule has 3 aromatic rings. The highest BCUT2D eigenvalue weighted by Gasteiger charge is 2.36. The van der Waals surface area contributed by atoms with Crippen LogP contribution in [0.2, 0.25) is 5.02 Å². The lowest BCUT2D eigenvalue weighted by molar-refractivity contribution is -0.122. The highest BCUT2D eigenvalue weighted by molar-refractivity contribution is 6.39. The minimum Gasteiger partial charge on any atom is -0.490 e. The van der Waals surface area contributed by atoms with Gasteiger partial charge in [-0.15, -0.1) is 0 Å². The predicted molar refractivity (Wildman–Crippen MR) is 129 cm³/mol. The second-order valence-electron chi connectivity index (χ2n) is 7.49. The van der Waals surface area contributed by atoms with Gasteiger partial charge in [-0.3, -0.25) is 14.9 Å². The van der Waals surface area contributed by atoms with Gasteiger partial charge >= 0.3 is 6.03 Å². The van der Waals surface area contributed by atoms with Crippen LogP contribution in [0.1, 0.15) is 18.1 Å². The number of hydrogen-bond donors (Lipinski definition) is 1. The molecule has 178 valence electrons. The van der Waals surface area contributed by atoms with Crippen LogP contribution in [-0.4, -0.2) is 24.5 Å². The van der Waals surface area contributed by atoms with Gasteiger partial charge in [0.05, 0.1) is 12.3 Å². The molecule has 0 spiro atoms. The lowest BCUT2D eigenvalue weighted by Gasteiger charge is -2.26. The maximum absolute atomic E-state index is 13.3. The van der Waals surface area contributed by atoms with E-state index in [2.05, 4.69) is 5.32 Å². The summed E-state index contributed by atoms with van der Waals surface area (Å²) in [5.41, 5.74) is 1.27. The molecule has 9 heteroatoms. The Morgan fingerprint density at radius 1 is 0.943 bits per heavy atom. The molecule has 1 heterocycles. The fourth-order valence-corrected chi connectivity index (χ4v) is 3.52. The molecule has 1 fully saturated rings. The number of halogens is 2. The van der Waals surface area contributed by atoms with E-state index in [1.165, 1.54) is 18.2 Å². The highest BCUT2D eigenvalue weighted by Crippen LogP contribution is 2.31. The van der Waals surface area contributed by atoms with Crippen LogP contribution in [0.4, 0.5) is 14.9 Å². The van der Waals surface area contributed by atoms with Gasteiger partial charge in [0.1, 0.15) is 18.0 Å². The summed E-state index contributed by atoms with van der Waals surface area (Å²) in [6.45, 7) is 2.47. The van der Waals surface area contributed by atoms with Crippen molar-refractivity contribution in [2.45, 2.75) is 13.5 Å². The first-order valence-electron chi connectivity index (χ1n) is 10.7. The molecule has 0 unspecified atom stereocenters. The predicted octanol–water partition coefficient (Wildman–Crippen LogP) is 5.12. The molecule has 1 aliphatic heterocycles. The molecule has 1 saturated heterocycles. The molecule has 7 nitrogen and oxygen atoms in total. The number of anilines is 1. The van der Waals surface area contributed by atoms with E-state index in [0.717, 1.165) is 22.6 Å². The van der Waals surface area contributed by atoms with Crippen LogP contribution in [-0.2, 0) is 16.2 Å². The monoisotopic (exact) mass is 494 g/mol. The van der Waals surface area contributed by atoms with Crippen molar-refractivity contribution in [2.75, 3.05) is 11.5 Å². The van der Waals surface area contributed by atoms with Crippen molar-refractivity contribution in [3.63, 3.8) is 0 Å². The van der Waals surface area contributed by atoms with E-state index in [4.69, 9.17) is 21.1 Å². The average Bonchev–Trinajstić information content (AvgIpc) is 2.83. The van der Waals surface area contributed by atoms with Crippen LogP contribution >= 0.6 is 11.6 Å². The minimum absolute atomic E-state index is 0.133. The van der Waals surface area contributed by atoms with Gasteiger partial charge in [0, 0.05) is 5.02 Å². The Hall–Kier alpha value is -4.17. The van der Waals surface area contributed by atoms with Crippen LogP contribution in [0.15, 0.2) is 72.3 Å². The molecule has 0 radical (unpaired) electrons. The Labute approximate surface area is 205 Å². The minimum atomic E-state index is -0.912. The van der Waals surface area contributed by atoms with E-state index < -0.39 is 23.7 Å². The number of barbiturate groups is 1. The topological polar surface area (TPSA) is 84.9 Å². The molecule has 4 rings (SSSR count). The van der Waals surface area contributed by atoms with Gasteiger partial charge in [-0.05, 0) is 72.7 Å². The van der Waals surface area contributed by atoms with Crippen LogP contribution in [0.25, 0.3) is 6.08 Å². The van der Waals surface area contributed by atoms with E-state index in [1.54, 1.807) is 30.3 Å². The van der Waals surface area contributed by atoms with Crippen molar-refractivity contribution in [3.8, 4) is 11.5 Å². The fraction of sp³-hybridized carbons (Fsp3) is 0.115. The largest absolute Gasteiger partial charge is 0.490 e. The molecule has 0 aliphatic carbocycles. The number of rotatable bonds is 7. The number of carbonyl (C=O) groups is 3. The summed E-state index contributed by atoms with van der Waals surface area (Å²) in [7, 11) is 0. The number of amides is 4. The quantitative estimate of drug-likeness (QED) is 0.364. The molecule has 0 saturated carbocycles. The summed E-state index contributed by atoms with van der Waals surface area (Å²) in [4.78, 5) is 38.5. The molecule has 4 amide bonds. The second kappa shape index (κ2) is 10.4. The number of benzene rings is 3. The van der Waals surface area contributed by atoms with Crippen molar-refractivity contribution < 1.29 is 28.2 Å². The highest BCUT2D eigenvalue weighted by atomic mass is 35.5. The molecule has 1 aliphatic rings. The van der Waals surface area contributed by atoms with Crippen LogP contribution in [0.5, 0.6) is 11.5 Å². The first-order valence-corrected chi connectivity index (χ1v) is 11.0. The summed E-state index contributed by atoms with van der Waals surface area (Å²) >= 11 is 5.92. The van der Waals surface area contributed by atoms with Gasteiger partial charge in [-0.25, -0.2) is 14.1 Å². The van der Waals surface area contributed by atoms with Crippen molar-refractivity contribution in [2.24, 2.45) is 0 Å². The van der Waals surface area contributed by atoms with Gasteiger partial charge in [0.15, 0.2) is 11.5 Å². The summed E-state index contributed by atoms with van der Waals surface area (Å²) in [6, 6.07) is 16.1. The zero-order valence-corrected chi connectivity index (χ0v) is 19.3. The number of ether oxygens (including phenoxy) is 2. The molecule has 0 aromatic heterocycles. The maximum Gasteiger partial charge on any atom is 0.335 e. The van der Waals surface area contributed by atoms with E-state index >= 15 is 0 Å². The molecule has 1 N–H and O–H groups in total. The van der Waals surface area contributed by atoms with Crippen molar-refractivity contribution in [1.29, 1.82) is 0 Å². The van der Waals surface area contributed by atoms with Crippen molar-refractivity contribution in [3.05, 3.63) is 94.3 Å². The molecule has 0 bridgehead atoms. The third-order valence-electron chi connectivity index (χ3n) is 5.07. The Kier molecular flexibility index (Phi) is 7.12. The summed E-state index contributed by atoms with van der Waals surface area (Å²) < 4.78 is 24.8. The van der Waals surface area contributed by atoms with Crippen LogP contribution < -0.4 is 19.7 Å². The lowest BCUT2D eigenvalue weighted by Crippen LogP contribution is -2.54. The van der Waals surface area contributed by atoms with E-state index in [9.17, 15) is 18.8 Å². The Balaban J connectivity index is 1.60. The SMILES string of the molecule is CCOc1cc(/C=C2\C(=O)NC(=O)N(c3ccc(F)cc3)C2=O)ccc1OCc1ccc(Cl)cc1. The van der Waals surface area contributed by atoms with Crippen molar-refractivity contribution >= 4 is 41.2 Å². The van der Waals surface area contributed by atoms with Crippen LogP contribution in [0.3, 0.4) is 0 Å². The fourth-order valence-electron chi connectivity index (χ4n) is 3.39. The number of nitrogens with one attached hydrogen (secondary N) is 1. The number of nitrogens with zero attached hydrogens (tertiary/aromatic N) is 1. The summed E-state index contributed by atoms with van der Waals surface area (Å²) in [5, 5.41) is 2.76. The normalized spacial score (nSPS) is 14.8. The van der Waals surface area contributed by atoms with Gasteiger partial charge in [-0.2, -0.15) is 0 Å². The molecule has 0 atom stereocenters. The first-order chi connectivity index (χ1) is 16.9. The number of urea groups is 1. The third kappa shape index (κ3) is 5.50. The van der Waals surface area contributed by atoms with Gasteiger partial charge in [-0.1, -0.05) is 29.8 Å². The molecule has 35 heavy (non-hydrogen) atoms. The third-order valence-corrected chi connectivity index (χ3v) is 5.32. The average molecular weight is 495 g/mol. The van der Waals surface area contributed by atoms with Gasteiger partial charge in [0.25, 0.3) is 11.8 Å². The molecule has 3 aromatic carbocycles. The Bertz CT molecular complexity index is 1310. The smallest absolute Gasteiger partial charge is 0.335 e.